The molecule has 1 heterocycles. The second-order valence-corrected chi connectivity index (χ2v) is 8.83. The van der Waals surface area contributed by atoms with E-state index in [1.165, 1.54) is 19.8 Å². The third-order valence-electron chi connectivity index (χ3n) is 5.03. The van der Waals surface area contributed by atoms with Gasteiger partial charge in [-0.05, 0) is 69.3 Å². The van der Waals surface area contributed by atoms with E-state index in [1.807, 2.05) is 36.1 Å². The van der Waals surface area contributed by atoms with Crippen LogP contribution in [0.4, 0.5) is 5.69 Å². The highest BCUT2D eigenvalue weighted by atomic mass is 35.5. The molecule has 0 spiro atoms. The SMILES string of the molecule is CC(=O)Nc1ccc(SC(C)C(=O)N2CCC(NCC3CC3)CC2)cc1.Cl. The van der Waals surface area contributed by atoms with Crippen LogP contribution in [-0.4, -0.2) is 47.6 Å². The first-order valence-electron chi connectivity index (χ1n) is 9.57. The van der Waals surface area contributed by atoms with E-state index in [2.05, 4.69) is 10.6 Å². The van der Waals surface area contributed by atoms with Crippen molar-refractivity contribution in [3.63, 3.8) is 0 Å². The molecular weight excluding hydrogens is 382 g/mol. The van der Waals surface area contributed by atoms with Gasteiger partial charge in [-0.1, -0.05) is 0 Å². The van der Waals surface area contributed by atoms with Crippen LogP contribution in [0.3, 0.4) is 0 Å². The highest BCUT2D eigenvalue weighted by Crippen LogP contribution is 2.29. The summed E-state index contributed by atoms with van der Waals surface area (Å²) in [6.07, 6.45) is 4.87. The second kappa shape index (κ2) is 10.3. The average Bonchev–Trinajstić information content (AvgIpc) is 3.45. The van der Waals surface area contributed by atoms with Crippen LogP contribution in [0.2, 0.25) is 0 Å². The molecule has 1 unspecified atom stereocenters. The number of anilines is 1. The standard InChI is InChI=1S/C20H29N3O2S.ClH/c1-14(26-19-7-5-18(6-8-19)22-15(2)24)20(25)23-11-9-17(10-12-23)21-13-16-3-4-16;/h5-8,14,16-17,21H,3-4,9-13H2,1-2H3,(H,22,24);1H. The molecule has 2 aliphatic rings. The highest BCUT2D eigenvalue weighted by molar-refractivity contribution is 8.00. The zero-order valence-electron chi connectivity index (χ0n) is 16.1. The van der Waals surface area contributed by atoms with Crippen LogP contribution in [0.25, 0.3) is 0 Å². The van der Waals surface area contributed by atoms with Crippen molar-refractivity contribution in [2.75, 3.05) is 25.0 Å². The summed E-state index contributed by atoms with van der Waals surface area (Å²) in [6, 6.07) is 8.22. The summed E-state index contributed by atoms with van der Waals surface area (Å²) in [5.41, 5.74) is 0.779. The Morgan fingerprint density at radius 1 is 1.15 bits per heavy atom. The number of likely N-dealkylation sites (tertiary alicyclic amines) is 1. The monoisotopic (exact) mass is 411 g/mol. The average molecular weight is 412 g/mol. The zero-order valence-corrected chi connectivity index (χ0v) is 17.7. The van der Waals surface area contributed by atoms with Crippen molar-refractivity contribution in [3.05, 3.63) is 24.3 Å². The number of hydrogen-bond donors (Lipinski definition) is 2. The Morgan fingerprint density at radius 2 is 1.78 bits per heavy atom. The summed E-state index contributed by atoms with van der Waals surface area (Å²) in [4.78, 5) is 26.9. The van der Waals surface area contributed by atoms with Crippen LogP contribution < -0.4 is 10.6 Å². The first-order valence-corrected chi connectivity index (χ1v) is 10.5. The number of nitrogens with zero attached hydrogens (tertiary/aromatic N) is 1. The van der Waals surface area contributed by atoms with Crippen LogP contribution in [0.1, 0.15) is 39.5 Å². The second-order valence-electron chi connectivity index (χ2n) is 7.42. The van der Waals surface area contributed by atoms with Crippen LogP contribution in [0.5, 0.6) is 0 Å². The smallest absolute Gasteiger partial charge is 0.235 e. The van der Waals surface area contributed by atoms with Gasteiger partial charge in [-0.15, -0.1) is 24.2 Å². The Morgan fingerprint density at radius 3 is 2.33 bits per heavy atom. The molecule has 1 aromatic rings. The molecule has 1 aliphatic carbocycles. The minimum Gasteiger partial charge on any atom is -0.342 e. The maximum absolute atomic E-state index is 12.7. The molecule has 7 heteroatoms. The molecular formula is C20H30ClN3O2S. The minimum absolute atomic E-state index is 0. The highest BCUT2D eigenvalue weighted by Gasteiger charge is 2.28. The Labute approximate surface area is 172 Å². The predicted molar refractivity (Wildman–Crippen MR) is 114 cm³/mol. The predicted octanol–water partition coefficient (Wildman–Crippen LogP) is 3.54. The lowest BCUT2D eigenvalue weighted by molar-refractivity contribution is -0.131. The largest absolute Gasteiger partial charge is 0.342 e. The molecule has 1 aliphatic heterocycles. The van der Waals surface area contributed by atoms with Crippen molar-refractivity contribution in [1.29, 1.82) is 0 Å². The molecule has 1 saturated carbocycles. The van der Waals surface area contributed by atoms with Gasteiger partial charge in [0.25, 0.3) is 0 Å². The molecule has 150 valence electrons. The van der Waals surface area contributed by atoms with Gasteiger partial charge in [-0.25, -0.2) is 0 Å². The number of carbonyl (C=O) groups is 2. The Bertz CT molecular complexity index is 629. The summed E-state index contributed by atoms with van der Waals surface area (Å²) < 4.78 is 0. The third kappa shape index (κ3) is 7.01. The summed E-state index contributed by atoms with van der Waals surface area (Å²) >= 11 is 1.58. The number of rotatable bonds is 7. The number of piperidine rings is 1. The molecule has 0 radical (unpaired) electrons. The molecule has 1 aromatic carbocycles. The fourth-order valence-corrected chi connectivity index (χ4v) is 4.24. The molecule has 2 fully saturated rings. The van der Waals surface area contributed by atoms with Crippen molar-refractivity contribution in [2.24, 2.45) is 5.92 Å². The van der Waals surface area contributed by atoms with Crippen molar-refractivity contribution in [2.45, 2.75) is 55.7 Å². The number of thioether (sulfide) groups is 1. The van der Waals surface area contributed by atoms with Crippen molar-refractivity contribution >= 4 is 41.7 Å². The molecule has 3 rings (SSSR count). The van der Waals surface area contributed by atoms with Gasteiger partial charge in [0.05, 0.1) is 5.25 Å². The summed E-state index contributed by atoms with van der Waals surface area (Å²) in [5.74, 6) is 1.05. The van der Waals surface area contributed by atoms with Crippen LogP contribution in [0, 0.1) is 5.92 Å². The van der Waals surface area contributed by atoms with E-state index < -0.39 is 0 Å². The quantitative estimate of drug-likeness (QED) is 0.673. The fourth-order valence-electron chi connectivity index (χ4n) is 3.29. The number of carbonyl (C=O) groups excluding carboxylic acids is 2. The molecule has 27 heavy (non-hydrogen) atoms. The number of halogens is 1. The summed E-state index contributed by atoms with van der Waals surface area (Å²) in [5, 5.41) is 6.31. The van der Waals surface area contributed by atoms with Crippen LogP contribution >= 0.6 is 24.2 Å². The van der Waals surface area contributed by atoms with Crippen LogP contribution in [-0.2, 0) is 9.59 Å². The lowest BCUT2D eigenvalue weighted by atomic mass is 10.0. The molecule has 1 atom stereocenters. The van der Waals surface area contributed by atoms with E-state index in [1.54, 1.807) is 11.8 Å². The minimum atomic E-state index is -0.0995. The number of amides is 2. The molecule has 2 amide bonds. The molecule has 0 bridgehead atoms. The van der Waals surface area contributed by atoms with Gasteiger partial charge < -0.3 is 15.5 Å². The van der Waals surface area contributed by atoms with E-state index >= 15 is 0 Å². The number of hydrogen-bond acceptors (Lipinski definition) is 4. The van der Waals surface area contributed by atoms with Gasteiger partial charge in [0.15, 0.2) is 0 Å². The normalized spacial score (nSPS) is 18.5. The van der Waals surface area contributed by atoms with Gasteiger partial charge >= 0.3 is 0 Å². The maximum atomic E-state index is 12.7. The summed E-state index contributed by atoms with van der Waals surface area (Å²) in [6.45, 7) is 6.33. The fraction of sp³-hybridized carbons (Fsp3) is 0.600. The van der Waals surface area contributed by atoms with Crippen LogP contribution in [0.15, 0.2) is 29.2 Å². The molecule has 1 saturated heterocycles. The number of nitrogens with one attached hydrogen (secondary N) is 2. The van der Waals surface area contributed by atoms with Crippen molar-refractivity contribution in [3.8, 4) is 0 Å². The van der Waals surface area contributed by atoms with Gasteiger partial charge in [0, 0.05) is 36.6 Å². The lowest BCUT2D eigenvalue weighted by Crippen LogP contribution is -2.47. The molecule has 0 aromatic heterocycles. The van der Waals surface area contributed by atoms with Gasteiger partial charge in [-0.3, -0.25) is 9.59 Å². The van der Waals surface area contributed by atoms with E-state index in [-0.39, 0.29) is 29.5 Å². The van der Waals surface area contributed by atoms with E-state index in [0.29, 0.717) is 6.04 Å². The van der Waals surface area contributed by atoms with E-state index in [9.17, 15) is 9.59 Å². The van der Waals surface area contributed by atoms with Crippen molar-refractivity contribution in [1.82, 2.24) is 10.2 Å². The summed E-state index contributed by atoms with van der Waals surface area (Å²) in [7, 11) is 0. The van der Waals surface area contributed by atoms with E-state index in [4.69, 9.17) is 0 Å². The van der Waals surface area contributed by atoms with E-state index in [0.717, 1.165) is 49.0 Å². The molecule has 2 N–H and O–H groups in total. The number of benzene rings is 1. The first kappa shape index (κ1) is 22.1. The lowest BCUT2D eigenvalue weighted by Gasteiger charge is -2.34. The van der Waals surface area contributed by atoms with Crippen molar-refractivity contribution < 1.29 is 9.59 Å². The van der Waals surface area contributed by atoms with Gasteiger partial charge in [0.1, 0.15) is 0 Å². The van der Waals surface area contributed by atoms with Gasteiger partial charge in [-0.2, -0.15) is 0 Å². The first-order chi connectivity index (χ1) is 12.5. The maximum Gasteiger partial charge on any atom is 0.235 e. The Hall–Kier alpha value is -1.24. The zero-order chi connectivity index (χ0) is 18.5. The molecule has 5 nitrogen and oxygen atoms in total. The topological polar surface area (TPSA) is 61.4 Å². The van der Waals surface area contributed by atoms with Gasteiger partial charge in [0.2, 0.25) is 11.8 Å². The third-order valence-corrected chi connectivity index (χ3v) is 6.13. The Kier molecular flexibility index (Phi) is 8.45. The Balaban J connectivity index is 0.00000261.